The summed E-state index contributed by atoms with van der Waals surface area (Å²) in [5, 5.41) is 9.83. The Hall–Kier alpha value is -3.01. The van der Waals surface area contributed by atoms with Gasteiger partial charge in [-0.25, -0.2) is 9.97 Å². The first-order chi connectivity index (χ1) is 18.6. The molecule has 0 amide bonds. The molecule has 1 unspecified atom stereocenters. The van der Waals surface area contributed by atoms with Crippen LogP contribution in [-0.2, 0) is 13.0 Å². The molecule has 8 nitrogen and oxygen atoms in total. The Bertz CT molecular complexity index is 1420. The molecule has 7 rings (SSSR count). The quantitative estimate of drug-likeness (QED) is 0.497. The summed E-state index contributed by atoms with van der Waals surface area (Å²) < 4.78 is 0. The van der Waals surface area contributed by atoms with E-state index in [1.807, 2.05) is 12.3 Å². The van der Waals surface area contributed by atoms with Crippen molar-refractivity contribution in [3.63, 3.8) is 0 Å². The third-order valence-corrected chi connectivity index (χ3v) is 9.79. The van der Waals surface area contributed by atoms with Crippen LogP contribution in [0.5, 0.6) is 0 Å². The largest absolute Gasteiger partial charge is 0.396 e. The Kier molecular flexibility index (Phi) is 5.90. The van der Waals surface area contributed by atoms with Crippen molar-refractivity contribution < 1.29 is 5.11 Å². The highest BCUT2D eigenvalue weighted by molar-refractivity contribution is 7.98. The number of aliphatic hydroxyl groups excluding tert-OH is 1. The molecule has 2 atom stereocenters. The molecule has 0 radical (unpaired) electrons. The molecule has 2 aromatic heterocycles. The highest BCUT2D eigenvalue weighted by Gasteiger charge is 2.46. The summed E-state index contributed by atoms with van der Waals surface area (Å²) in [7, 11) is 0. The monoisotopic (exact) mass is 527 g/mol. The van der Waals surface area contributed by atoms with Crippen molar-refractivity contribution in [3.8, 4) is 0 Å². The van der Waals surface area contributed by atoms with E-state index in [2.05, 4.69) is 45.3 Å². The maximum absolute atomic E-state index is 9.83. The van der Waals surface area contributed by atoms with E-state index in [4.69, 9.17) is 20.7 Å². The predicted molar refractivity (Wildman–Crippen MR) is 151 cm³/mol. The fourth-order valence-corrected chi connectivity index (χ4v) is 7.28. The SMILES string of the molecule is CSc1ccc2c(c1)[C@@H](N)C1(CCN(c3cnc4c(n3)CN=C4N3CCC(CO)c4ncccc43)CC1)C2. The number of fused-ring (bicyclic) bond motifs is 3. The van der Waals surface area contributed by atoms with Gasteiger partial charge in [0, 0.05) is 42.7 Å². The van der Waals surface area contributed by atoms with Crippen molar-refractivity contribution in [1.82, 2.24) is 15.0 Å². The topological polar surface area (TPSA) is 104 Å². The lowest BCUT2D eigenvalue weighted by atomic mass is 9.73. The van der Waals surface area contributed by atoms with E-state index in [-0.39, 0.29) is 24.0 Å². The van der Waals surface area contributed by atoms with Gasteiger partial charge in [-0.15, -0.1) is 11.8 Å². The summed E-state index contributed by atoms with van der Waals surface area (Å²) >= 11 is 1.78. The van der Waals surface area contributed by atoms with E-state index in [9.17, 15) is 5.11 Å². The van der Waals surface area contributed by atoms with Crippen molar-refractivity contribution in [2.45, 2.75) is 49.1 Å². The number of benzene rings is 1. The van der Waals surface area contributed by atoms with E-state index >= 15 is 0 Å². The molecular formula is C29H33N7OS. The Morgan fingerprint density at radius 3 is 2.84 bits per heavy atom. The van der Waals surface area contributed by atoms with Gasteiger partial charge in [0.1, 0.15) is 11.5 Å². The Morgan fingerprint density at radius 2 is 2.03 bits per heavy atom. The van der Waals surface area contributed by atoms with Gasteiger partial charge in [0.25, 0.3) is 0 Å². The number of thioether (sulfide) groups is 1. The minimum Gasteiger partial charge on any atom is -0.396 e. The molecule has 0 bridgehead atoms. The lowest BCUT2D eigenvalue weighted by molar-refractivity contribution is 0.187. The number of hydrogen-bond acceptors (Lipinski definition) is 9. The zero-order chi connectivity index (χ0) is 25.9. The van der Waals surface area contributed by atoms with E-state index in [1.54, 1.807) is 18.0 Å². The number of aliphatic hydroxyl groups is 1. The van der Waals surface area contributed by atoms with Crippen LogP contribution in [0.4, 0.5) is 11.5 Å². The van der Waals surface area contributed by atoms with Crippen LogP contribution in [0.15, 0.2) is 52.6 Å². The van der Waals surface area contributed by atoms with E-state index in [0.29, 0.717) is 6.54 Å². The molecule has 4 aliphatic rings. The predicted octanol–water partition coefficient (Wildman–Crippen LogP) is 3.68. The molecule has 1 saturated heterocycles. The Labute approximate surface area is 227 Å². The van der Waals surface area contributed by atoms with Crippen molar-refractivity contribution in [3.05, 3.63) is 70.9 Å². The van der Waals surface area contributed by atoms with Crippen LogP contribution in [0.1, 0.15) is 59.4 Å². The van der Waals surface area contributed by atoms with E-state index in [1.165, 1.54) is 16.0 Å². The molecule has 196 valence electrons. The van der Waals surface area contributed by atoms with Crippen LogP contribution >= 0.6 is 11.8 Å². The summed E-state index contributed by atoms with van der Waals surface area (Å²) in [6.07, 6.45) is 9.85. The maximum atomic E-state index is 9.83. The molecular weight excluding hydrogens is 494 g/mol. The van der Waals surface area contributed by atoms with Gasteiger partial charge in [-0.2, -0.15) is 0 Å². The molecule has 1 aliphatic carbocycles. The average molecular weight is 528 g/mol. The van der Waals surface area contributed by atoms with Crippen LogP contribution in [0.25, 0.3) is 0 Å². The zero-order valence-electron chi connectivity index (χ0n) is 21.7. The second-order valence-electron chi connectivity index (χ2n) is 11.0. The number of nitrogens with two attached hydrogens (primary N) is 1. The Morgan fingerprint density at radius 1 is 1.16 bits per heavy atom. The van der Waals surface area contributed by atoms with Crippen LogP contribution in [0.2, 0.25) is 0 Å². The summed E-state index contributed by atoms with van der Waals surface area (Å²) in [6.45, 7) is 3.30. The summed E-state index contributed by atoms with van der Waals surface area (Å²) in [5.41, 5.74) is 13.5. The molecule has 1 aromatic carbocycles. The fourth-order valence-electron chi connectivity index (χ4n) is 6.83. The lowest BCUT2D eigenvalue weighted by Crippen LogP contribution is -2.44. The zero-order valence-corrected chi connectivity index (χ0v) is 22.5. The molecule has 1 spiro atoms. The number of anilines is 2. The number of aromatic nitrogens is 3. The lowest BCUT2D eigenvalue weighted by Gasteiger charge is -2.42. The summed E-state index contributed by atoms with van der Waals surface area (Å²) in [6, 6.07) is 10.9. The molecule has 0 saturated carbocycles. The summed E-state index contributed by atoms with van der Waals surface area (Å²) in [4.78, 5) is 25.2. The number of aliphatic imine (C=N–C) groups is 1. The van der Waals surface area contributed by atoms with E-state index < -0.39 is 0 Å². The second-order valence-corrected chi connectivity index (χ2v) is 11.8. The first-order valence-electron chi connectivity index (χ1n) is 13.5. The average Bonchev–Trinajstić information content (AvgIpc) is 3.50. The van der Waals surface area contributed by atoms with Crippen LogP contribution in [0, 0.1) is 5.41 Å². The molecule has 3 aliphatic heterocycles. The van der Waals surface area contributed by atoms with Gasteiger partial charge >= 0.3 is 0 Å². The first kappa shape index (κ1) is 24.1. The molecule has 38 heavy (non-hydrogen) atoms. The molecule has 5 heterocycles. The van der Waals surface area contributed by atoms with Crippen molar-refractivity contribution >= 4 is 29.1 Å². The van der Waals surface area contributed by atoms with E-state index in [0.717, 1.165) is 79.7 Å². The van der Waals surface area contributed by atoms with Gasteiger partial charge in [-0.3, -0.25) is 9.98 Å². The van der Waals surface area contributed by atoms with Gasteiger partial charge in [-0.05, 0) is 72.7 Å². The van der Waals surface area contributed by atoms with Crippen LogP contribution < -0.4 is 15.5 Å². The van der Waals surface area contributed by atoms with Crippen LogP contribution in [-0.4, -0.2) is 58.4 Å². The number of nitrogens with zero attached hydrogens (tertiary/aromatic N) is 6. The first-order valence-corrected chi connectivity index (χ1v) is 14.7. The molecule has 3 N–H and O–H groups in total. The summed E-state index contributed by atoms with van der Waals surface area (Å²) in [5.74, 6) is 1.86. The molecule has 1 fully saturated rings. The second kappa shape index (κ2) is 9.32. The maximum Gasteiger partial charge on any atom is 0.156 e. The third-order valence-electron chi connectivity index (χ3n) is 9.07. The number of rotatable bonds is 3. The highest BCUT2D eigenvalue weighted by Crippen LogP contribution is 2.51. The third kappa shape index (κ3) is 3.74. The van der Waals surface area contributed by atoms with Crippen LogP contribution in [0.3, 0.4) is 0 Å². The number of pyridine rings is 1. The van der Waals surface area contributed by atoms with Gasteiger partial charge in [0.2, 0.25) is 0 Å². The number of amidine groups is 1. The smallest absolute Gasteiger partial charge is 0.156 e. The van der Waals surface area contributed by atoms with Crippen molar-refractivity contribution in [2.24, 2.45) is 16.1 Å². The highest BCUT2D eigenvalue weighted by atomic mass is 32.2. The standard InChI is InChI=1S/C29H33N7OS/c1-38-20-5-4-18-14-29(27(30)21(18)13-20)7-11-35(12-8-29)24-16-32-26-22(34-24)15-33-28(26)36-10-6-19(17-37)25-23(36)3-2-9-31-25/h2-5,9,13,16,19,27,37H,6-8,10-12,14-15,17,30H2,1H3/t19?,27-/m1/s1. The van der Waals surface area contributed by atoms with Gasteiger partial charge in [-0.1, -0.05) is 6.07 Å². The fraction of sp³-hybridized carbons (Fsp3) is 0.448. The normalized spacial score (nSPS) is 23.3. The van der Waals surface area contributed by atoms with Gasteiger partial charge < -0.3 is 20.6 Å². The minimum atomic E-state index is 0.0631. The number of hydrogen-bond donors (Lipinski definition) is 2. The van der Waals surface area contributed by atoms with Crippen molar-refractivity contribution in [2.75, 3.05) is 42.3 Å². The van der Waals surface area contributed by atoms with Gasteiger partial charge in [0.15, 0.2) is 5.84 Å². The van der Waals surface area contributed by atoms with Crippen molar-refractivity contribution in [1.29, 1.82) is 0 Å². The van der Waals surface area contributed by atoms with Gasteiger partial charge in [0.05, 0.1) is 36.4 Å². The molecule has 3 aromatic rings. The minimum absolute atomic E-state index is 0.0631. The number of piperidine rings is 1. The Balaban J connectivity index is 1.08. The molecule has 9 heteroatoms.